The molecule has 0 radical (unpaired) electrons. The van der Waals surface area contributed by atoms with Crippen molar-refractivity contribution >= 4 is 29.0 Å². The van der Waals surface area contributed by atoms with Gasteiger partial charge in [-0.25, -0.2) is 4.79 Å². The lowest BCUT2D eigenvalue weighted by molar-refractivity contribution is -0.385. The van der Waals surface area contributed by atoms with E-state index in [0.29, 0.717) is 34.2 Å². The molecule has 1 saturated heterocycles. The Labute approximate surface area is 159 Å². The summed E-state index contributed by atoms with van der Waals surface area (Å²) >= 11 is 6.22. The maximum Gasteiger partial charge on any atom is 0.325 e. The first-order chi connectivity index (χ1) is 12.8. The van der Waals surface area contributed by atoms with Gasteiger partial charge in [-0.05, 0) is 31.2 Å². The number of non-ortho nitro benzene ring substituents is 1. The predicted octanol–water partition coefficient (Wildman–Crippen LogP) is 4.03. The summed E-state index contributed by atoms with van der Waals surface area (Å²) in [4.78, 5) is 24.9. The van der Waals surface area contributed by atoms with Gasteiger partial charge in [0, 0.05) is 24.1 Å². The number of nitrogens with zero attached hydrogens (tertiary/aromatic N) is 2. The van der Waals surface area contributed by atoms with Gasteiger partial charge in [-0.3, -0.25) is 15.0 Å². The Hall–Kier alpha value is -3.00. The van der Waals surface area contributed by atoms with Gasteiger partial charge >= 0.3 is 6.03 Å². The standard InChI is InChI=1S/C18H16ClN3O5/c1-18-9-14(12-7-11(22(24)25)4-5-15(12)27-18)20-17(23)21(18)10-3-6-16(26-2)13(19)8-10/h3-8,14H,9H2,1-2H3,(H,20,23)/t14-,18-/m1/s1. The molecule has 0 spiro atoms. The maximum atomic E-state index is 12.8. The molecule has 1 N–H and O–H groups in total. The Morgan fingerprint density at radius 2 is 2.15 bits per heavy atom. The number of fused-ring (bicyclic) bond motifs is 4. The van der Waals surface area contributed by atoms with Gasteiger partial charge in [-0.2, -0.15) is 0 Å². The van der Waals surface area contributed by atoms with E-state index in [1.165, 1.54) is 24.1 Å². The molecule has 27 heavy (non-hydrogen) atoms. The quantitative estimate of drug-likeness (QED) is 0.631. The molecular formula is C18H16ClN3O5. The summed E-state index contributed by atoms with van der Waals surface area (Å²) in [5, 5.41) is 14.3. The first-order valence-electron chi connectivity index (χ1n) is 8.24. The zero-order valence-electron chi connectivity index (χ0n) is 14.6. The van der Waals surface area contributed by atoms with Gasteiger partial charge in [-0.1, -0.05) is 11.6 Å². The van der Waals surface area contributed by atoms with Crippen LogP contribution in [-0.2, 0) is 0 Å². The fraction of sp³-hybridized carbons (Fsp3) is 0.278. The van der Waals surface area contributed by atoms with Crippen molar-refractivity contribution in [1.82, 2.24) is 5.32 Å². The smallest absolute Gasteiger partial charge is 0.325 e. The second kappa shape index (κ2) is 6.02. The fourth-order valence-electron chi connectivity index (χ4n) is 3.66. The third kappa shape index (κ3) is 2.73. The summed E-state index contributed by atoms with van der Waals surface area (Å²) in [5.41, 5.74) is 0.153. The first kappa shape index (κ1) is 17.4. The molecule has 2 aromatic rings. The highest BCUT2D eigenvalue weighted by Gasteiger charge is 2.50. The number of nitrogens with one attached hydrogen (secondary N) is 1. The minimum Gasteiger partial charge on any atom is -0.495 e. The zero-order valence-corrected chi connectivity index (χ0v) is 15.3. The van der Waals surface area contributed by atoms with Crippen molar-refractivity contribution in [2.45, 2.75) is 25.1 Å². The highest BCUT2D eigenvalue weighted by molar-refractivity contribution is 6.32. The molecule has 2 aromatic carbocycles. The Balaban J connectivity index is 1.76. The second-order valence-electron chi connectivity index (χ2n) is 6.62. The number of nitro benzene ring substituents is 1. The largest absolute Gasteiger partial charge is 0.495 e. The summed E-state index contributed by atoms with van der Waals surface area (Å²) in [5.74, 6) is 1.01. The molecule has 1 fully saturated rings. The Morgan fingerprint density at radius 1 is 1.37 bits per heavy atom. The van der Waals surface area contributed by atoms with E-state index in [-0.39, 0.29) is 17.8 Å². The van der Waals surface area contributed by atoms with Crippen LogP contribution in [-0.4, -0.2) is 23.8 Å². The Bertz CT molecular complexity index is 966. The lowest BCUT2D eigenvalue weighted by Crippen LogP contribution is -2.65. The van der Waals surface area contributed by atoms with E-state index in [9.17, 15) is 14.9 Å². The predicted molar refractivity (Wildman–Crippen MR) is 98.5 cm³/mol. The molecule has 2 bridgehead atoms. The number of halogens is 1. The number of carbonyl (C=O) groups excluding carboxylic acids is 1. The second-order valence-corrected chi connectivity index (χ2v) is 7.02. The maximum absolute atomic E-state index is 12.8. The molecule has 0 aliphatic carbocycles. The van der Waals surface area contributed by atoms with E-state index in [2.05, 4.69) is 5.32 Å². The first-order valence-corrected chi connectivity index (χ1v) is 8.62. The number of carbonyl (C=O) groups is 1. The van der Waals surface area contributed by atoms with Gasteiger partial charge in [-0.15, -0.1) is 0 Å². The monoisotopic (exact) mass is 389 g/mol. The lowest BCUT2D eigenvalue weighted by atomic mass is 9.90. The van der Waals surface area contributed by atoms with Crippen LogP contribution in [0.1, 0.15) is 24.9 Å². The molecule has 2 atom stereocenters. The highest BCUT2D eigenvalue weighted by atomic mass is 35.5. The molecule has 140 valence electrons. The molecule has 2 heterocycles. The fourth-order valence-corrected chi connectivity index (χ4v) is 3.91. The lowest BCUT2D eigenvalue weighted by Gasteiger charge is -2.50. The van der Waals surface area contributed by atoms with Gasteiger partial charge in [0.1, 0.15) is 11.5 Å². The molecule has 0 aromatic heterocycles. The van der Waals surface area contributed by atoms with E-state index in [0.717, 1.165) is 0 Å². The van der Waals surface area contributed by atoms with E-state index in [4.69, 9.17) is 21.1 Å². The Morgan fingerprint density at radius 3 is 2.81 bits per heavy atom. The number of methoxy groups -OCH3 is 1. The molecule has 0 saturated carbocycles. The van der Waals surface area contributed by atoms with E-state index < -0.39 is 10.6 Å². The van der Waals surface area contributed by atoms with E-state index >= 15 is 0 Å². The van der Waals surface area contributed by atoms with Gasteiger partial charge in [0.05, 0.1) is 28.8 Å². The van der Waals surface area contributed by atoms with Crippen molar-refractivity contribution in [1.29, 1.82) is 0 Å². The number of nitro groups is 1. The number of urea groups is 1. The minimum atomic E-state index is -0.964. The van der Waals surface area contributed by atoms with Gasteiger partial charge in [0.2, 0.25) is 0 Å². The van der Waals surface area contributed by atoms with Crippen LogP contribution < -0.4 is 19.7 Å². The SMILES string of the molecule is COc1ccc(N2C(=O)N[C@@H]3C[C@@]2(C)Oc2ccc([N+](=O)[O-])cc23)cc1Cl. The Kier molecular flexibility index (Phi) is 3.88. The summed E-state index contributed by atoms with van der Waals surface area (Å²) in [6.07, 6.45) is 0.427. The van der Waals surface area contributed by atoms with Crippen LogP contribution >= 0.6 is 11.6 Å². The summed E-state index contributed by atoms with van der Waals surface area (Å²) < 4.78 is 11.3. The number of anilines is 1. The topological polar surface area (TPSA) is 93.9 Å². The molecule has 2 aliphatic heterocycles. The molecule has 2 aliphatic rings. The molecular weight excluding hydrogens is 374 g/mol. The summed E-state index contributed by atoms with van der Waals surface area (Å²) in [6.45, 7) is 1.81. The van der Waals surface area contributed by atoms with Crippen LogP contribution in [0.4, 0.5) is 16.2 Å². The number of hydrogen-bond donors (Lipinski definition) is 1. The van der Waals surface area contributed by atoms with Crippen LogP contribution in [0.5, 0.6) is 11.5 Å². The minimum absolute atomic E-state index is 0.0421. The van der Waals surface area contributed by atoms with Gasteiger partial charge < -0.3 is 14.8 Å². The van der Waals surface area contributed by atoms with Crippen molar-refractivity contribution in [3.63, 3.8) is 0 Å². The average molecular weight is 390 g/mol. The number of rotatable bonds is 3. The molecule has 0 unspecified atom stereocenters. The summed E-state index contributed by atoms with van der Waals surface area (Å²) in [6, 6.07) is 8.70. The third-order valence-electron chi connectivity index (χ3n) is 4.86. The van der Waals surface area contributed by atoms with Gasteiger partial charge in [0.15, 0.2) is 5.72 Å². The summed E-state index contributed by atoms with van der Waals surface area (Å²) in [7, 11) is 1.51. The van der Waals surface area contributed by atoms with Crippen LogP contribution in [0, 0.1) is 10.1 Å². The van der Waals surface area contributed by atoms with E-state index in [1.54, 1.807) is 31.2 Å². The number of amides is 2. The number of benzene rings is 2. The van der Waals surface area contributed by atoms with Crippen LogP contribution in [0.3, 0.4) is 0 Å². The zero-order chi connectivity index (χ0) is 19.3. The van der Waals surface area contributed by atoms with Crippen LogP contribution in [0.15, 0.2) is 36.4 Å². The van der Waals surface area contributed by atoms with Crippen molar-refractivity contribution in [2.75, 3.05) is 12.0 Å². The number of ether oxygens (including phenoxy) is 2. The average Bonchev–Trinajstić information content (AvgIpc) is 2.60. The molecule has 9 heteroatoms. The molecule has 4 rings (SSSR count). The molecule has 2 amide bonds. The third-order valence-corrected chi connectivity index (χ3v) is 5.16. The van der Waals surface area contributed by atoms with Crippen molar-refractivity contribution in [3.05, 3.63) is 57.1 Å². The normalized spacial score (nSPS) is 23.1. The van der Waals surface area contributed by atoms with Crippen molar-refractivity contribution < 1.29 is 19.2 Å². The van der Waals surface area contributed by atoms with E-state index in [1.807, 2.05) is 0 Å². The van der Waals surface area contributed by atoms with Crippen LogP contribution in [0.2, 0.25) is 5.02 Å². The van der Waals surface area contributed by atoms with Crippen molar-refractivity contribution in [3.8, 4) is 11.5 Å². The highest BCUT2D eigenvalue weighted by Crippen LogP contribution is 2.47. The number of hydrogen-bond acceptors (Lipinski definition) is 5. The van der Waals surface area contributed by atoms with Gasteiger partial charge in [0.25, 0.3) is 5.69 Å². The van der Waals surface area contributed by atoms with Crippen molar-refractivity contribution in [2.24, 2.45) is 0 Å². The van der Waals surface area contributed by atoms with Crippen LogP contribution in [0.25, 0.3) is 0 Å². The molecule has 8 nitrogen and oxygen atoms in total.